The lowest BCUT2D eigenvalue weighted by molar-refractivity contribution is -0.123. The van der Waals surface area contributed by atoms with Crippen molar-refractivity contribution >= 4 is 11.7 Å². The van der Waals surface area contributed by atoms with E-state index in [0.29, 0.717) is 37.6 Å². The molecule has 1 saturated heterocycles. The van der Waals surface area contributed by atoms with E-state index in [0.717, 1.165) is 11.1 Å². The van der Waals surface area contributed by atoms with Gasteiger partial charge in [0.15, 0.2) is 0 Å². The smallest absolute Gasteiger partial charge is 0.272 e. The van der Waals surface area contributed by atoms with Gasteiger partial charge in [0.05, 0.1) is 19.8 Å². The SMILES string of the molecule is CNc1cccc(C(=O)N2CCOC(CO)(Cc3cccc(C)c3)C2)n1. The van der Waals surface area contributed by atoms with Crippen molar-refractivity contribution in [2.24, 2.45) is 0 Å². The zero-order valence-corrected chi connectivity index (χ0v) is 15.2. The maximum Gasteiger partial charge on any atom is 0.272 e. The fourth-order valence-corrected chi connectivity index (χ4v) is 3.33. The van der Waals surface area contributed by atoms with Gasteiger partial charge in [-0.1, -0.05) is 35.9 Å². The first-order valence-electron chi connectivity index (χ1n) is 8.80. The lowest BCUT2D eigenvalue weighted by Gasteiger charge is -2.41. The van der Waals surface area contributed by atoms with Gasteiger partial charge in [-0.3, -0.25) is 4.79 Å². The maximum atomic E-state index is 12.9. The predicted octanol–water partition coefficient (Wildman–Crippen LogP) is 1.88. The molecule has 1 aliphatic rings. The van der Waals surface area contributed by atoms with E-state index in [4.69, 9.17) is 4.74 Å². The quantitative estimate of drug-likeness (QED) is 0.857. The Bertz CT molecular complexity index is 780. The average Bonchev–Trinajstić information content (AvgIpc) is 2.67. The number of nitrogens with zero attached hydrogens (tertiary/aromatic N) is 2. The van der Waals surface area contributed by atoms with E-state index in [1.54, 1.807) is 24.1 Å². The molecule has 0 aliphatic carbocycles. The number of amides is 1. The monoisotopic (exact) mass is 355 g/mol. The second-order valence-corrected chi connectivity index (χ2v) is 6.74. The van der Waals surface area contributed by atoms with Crippen molar-refractivity contribution in [3.05, 3.63) is 59.3 Å². The minimum Gasteiger partial charge on any atom is -0.393 e. The molecule has 6 heteroatoms. The Balaban J connectivity index is 1.78. The van der Waals surface area contributed by atoms with E-state index in [1.807, 2.05) is 31.2 Å². The molecule has 1 fully saturated rings. The van der Waals surface area contributed by atoms with Crippen molar-refractivity contribution in [2.75, 3.05) is 38.7 Å². The number of hydrogen-bond donors (Lipinski definition) is 2. The summed E-state index contributed by atoms with van der Waals surface area (Å²) in [5.74, 6) is 0.504. The molecule has 1 aliphatic heterocycles. The summed E-state index contributed by atoms with van der Waals surface area (Å²) < 4.78 is 5.94. The summed E-state index contributed by atoms with van der Waals surface area (Å²) in [5, 5.41) is 13.0. The number of benzene rings is 1. The third-order valence-corrected chi connectivity index (χ3v) is 4.66. The Hall–Kier alpha value is -2.44. The fraction of sp³-hybridized carbons (Fsp3) is 0.400. The van der Waals surface area contributed by atoms with E-state index in [9.17, 15) is 9.90 Å². The molecule has 1 aromatic heterocycles. The summed E-state index contributed by atoms with van der Waals surface area (Å²) in [6, 6.07) is 13.5. The van der Waals surface area contributed by atoms with Crippen LogP contribution in [0, 0.1) is 6.92 Å². The number of morpholine rings is 1. The number of carbonyl (C=O) groups excluding carboxylic acids is 1. The van der Waals surface area contributed by atoms with Crippen molar-refractivity contribution in [1.29, 1.82) is 0 Å². The molecule has 138 valence electrons. The molecule has 1 amide bonds. The van der Waals surface area contributed by atoms with Crippen LogP contribution in [0.3, 0.4) is 0 Å². The van der Waals surface area contributed by atoms with Crippen LogP contribution in [0.15, 0.2) is 42.5 Å². The first-order chi connectivity index (χ1) is 12.5. The Kier molecular flexibility index (Phi) is 5.54. The Labute approximate surface area is 153 Å². The molecule has 26 heavy (non-hydrogen) atoms. The number of aliphatic hydroxyl groups is 1. The second kappa shape index (κ2) is 7.85. The molecular weight excluding hydrogens is 330 g/mol. The molecule has 1 unspecified atom stereocenters. The van der Waals surface area contributed by atoms with Crippen LogP contribution in [0.2, 0.25) is 0 Å². The average molecular weight is 355 g/mol. The highest BCUT2D eigenvalue weighted by molar-refractivity contribution is 5.92. The molecule has 2 heterocycles. The number of aliphatic hydroxyl groups excluding tert-OH is 1. The highest BCUT2D eigenvalue weighted by Gasteiger charge is 2.38. The number of carbonyl (C=O) groups is 1. The van der Waals surface area contributed by atoms with E-state index in [1.165, 1.54) is 0 Å². The van der Waals surface area contributed by atoms with Crippen molar-refractivity contribution in [3.63, 3.8) is 0 Å². The van der Waals surface area contributed by atoms with Crippen LogP contribution in [0.1, 0.15) is 21.6 Å². The lowest BCUT2D eigenvalue weighted by Crippen LogP contribution is -2.56. The molecule has 0 saturated carbocycles. The standard InChI is InChI=1S/C20H25N3O3/c1-15-5-3-6-16(11-15)12-20(14-24)13-23(9-10-26-20)19(25)17-7-4-8-18(21-2)22-17/h3-8,11,24H,9-10,12-14H2,1-2H3,(H,21,22). The van der Waals surface area contributed by atoms with Crippen LogP contribution < -0.4 is 5.32 Å². The van der Waals surface area contributed by atoms with Crippen LogP contribution in [0.5, 0.6) is 0 Å². The molecule has 0 bridgehead atoms. The summed E-state index contributed by atoms with van der Waals surface area (Å²) in [6.07, 6.45) is 0.555. The van der Waals surface area contributed by atoms with Gasteiger partial charge in [0.2, 0.25) is 0 Å². The van der Waals surface area contributed by atoms with Gasteiger partial charge in [0, 0.05) is 20.0 Å². The number of pyridine rings is 1. The minimum atomic E-state index is -0.789. The normalized spacial score (nSPS) is 20.0. The summed E-state index contributed by atoms with van der Waals surface area (Å²) in [4.78, 5) is 18.9. The number of ether oxygens (including phenoxy) is 1. The Morgan fingerprint density at radius 1 is 1.35 bits per heavy atom. The number of anilines is 1. The highest BCUT2D eigenvalue weighted by Crippen LogP contribution is 2.24. The van der Waals surface area contributed by atoms with E-state index in [2.05, 4.69) is 16.4 Å². The molecule has 3 rings (SSSR count). The van der Waals surface area contributed by atoms with Gasteiger partial charge in [-0.15, -0.1) is 0 Å². The summed E-state index contributed by atoms with van der Waals surface area (Å²) in [5.41, 5.74) is 1.85. The number of aromatic nitrogens is 1. The van der Waals surface area contributed by atoms with Gasteiger partial charge < -0.3 is 20.1 Å². The first-order valence-corrected chi connectivity index (χ1v) is 8.80. The van der Waals surface area contributed by atoms with E-state index in [-0.39, 0.29) is 12.5 Å². The lowest BCUT2D eigenvalue weighted by atomic mass is 9.92. The highest BCUT2D eigenvalue weighted by atomic mass is 16.5. The van der Waals surface area contributed by atoms with Gasteiger partial charge in [-0.05, 0) is 24.6 Å². The Morgan fingerprint density at radius 3 is 2.88 bits per heavy atom. The van der Waals surface area contributed by atoms with Crippen LogP contribution >= 0.6 is 0 Å². The fourth-order valence-electron chi connectivity index (χ4n) is 3.33. The Morgan fingerprint density at radius 2 is 2.15 bits per heavy atom. The van der Waals surface area contributed by atoms with Gasteiger partial charge in [-0.2, -0.15) is 0 Å². The van der Waals surface area contributed by atoms with Crippen molar-refractivity contribution < 1.29 is 14.6 Å². The summed E-state index contributed by atoms with van der Waals surface area (Å²) >= 11 is 0. The minimum absolute atomic E-state index is 0.144. The third kappa shape index (κ3) is 4.03. The largest absolute Gasteiger partial charge is 0.393 e. The predicted molar refractivity (Wildman–Crippen MR) is 100 cm³/mol. The second-order valence-electron chi connectivity index (χ2n) is 6.74. The number of aryl methyl sites for hydroxylation is 1. The zero-order valence-electron chi connectivity index (χ0n) is 15.2. The molecule has 2 N–H and O–H groups in total. The van der Waals surface area contributed by atoms with Crippen molar-refractivity contribution in [1.82, 2.24) is 9.88 Å². The molecule has 1 aromatic carbocycles. The topological polar surface area (TPSA) is 74.7 Å². The van der Waals surface area contributed by atoms with E-state index < -0.39 is 5.60 Å². The van der Waals surface area contributed by atoms with Gasteiger partial charge in [0.1, 0.15) is 17.1 Å². The number of hydrogen-bond acceptors (Lipinski definition) is 5. The van der Waals surface area contributed by atoms with Crippen molar-refractivity contribution in [2.45, 2.75) is 18.9 Å². The van der Waals surface area contributed by atoms with Crippen LogP contribution in [0.4, 0.5) is 5.82 Å². The first kappa shape index (κ1) is 18.4. The maximum absolute atomic E-state index is 12.9. The van der Waals surface area contributed by atoms with Crippen LogP contribution in [0.25, 0.3) is 0 Å². The third-order valence-electron chi connectivity index (χ3n) is 4.66. The van der Waals surface area contributed by atoms with Crippen LogP contribution in [-0.4, -0.2) is 59.8 Å². The van der Waals surface area contributed by atoms with Crippen LogP contribution in [-0.2, 0) is 11.2 Å². The number of nitrogens with one attached hydrogen (secondary N) is 1. The number of rotatable bonds is 5. The van der Waals surface area contributed by atoms with Crippen molar-refractivity contribution in [3.8, 4) is 0 Å². The van der Waals surface area contributed by atoms with Gasteiger partial charge in [0.25, 0.3) is 5.91 Å². The van der Waals surface area contributed by atoms with Gasteiger partial charge in [-0.25, -0.2) is 4.98 Å². The summed E-state index contributed by atoms with van der Waals surface area (Å²) in [6.45, 7) is 3.10. The van der Waals surface area contributed by atoms with E-state index >= 15 is 0 Å². The van der Waals surface area contributed by atoms with Gasteiger partial charge >= 0.3 is 0 Å². The molecule has 2 aromatic rings. The molecule has 6 nitrogen and oxygen atoms in total. The molecule has 1 atom stereocenters. The molecular formula is C20H25N3O3. The molecule has 0 radical (unpaired) electrons. The zero-order chi connectivity index (χ0) is 18.6. The molecule has 0 spiro atoms. The summed E-state index contributed by atoms with van der Waals surface area (Å²) in [7, 11) is 1.77.